The van der Waals surface area contributed by atoms with Crippen LogP contribution < -0.4 is 5.32 Å². The summed E-state index contributed by atoms with van der Waals surface area (Å²) < 4.78 is 0. The summed E-state index contributed by atoms with van der Waals surface area (Å²) in [7, 11) is 0. The molecule has 2 aliphatic heterocycles. The summed E-state index contributed by atoms with van der Waals surface area (Å²) in [6, 6.07) is 0.830. The van der Waals surface area contributed by atoms with E-state index < -0.39 is 0 Å². The SMILES string of the molecule is CC1(C)CNCCC1N1CCCC1. The van der Waals surface area contributed by atoms with Gasteiger partial charge in [-0.3, -0.25) is 4.90 Å². The summed E-state index contributed by atoms with van der Waals surface area (Å²) in [6.07, 6.45) is 4.17. The Morgan fingerprint density at radius 3 is 2.54 bits per heavy atom. The summed E-state index contributed by atoms with van der Waals surface area (Å²) in [5.74, 6) is 0. The van der Waals surface area contributed by atoms with Gasteiger partial charge >= 0.3 is 0 Å². The number of piperidine rings is 1. The molecule has 0 radical (unpaired) electrons. The van der Waals surface area contributed by atoms with E-state index in [4.69, 9.17) is 0 Å². The molecule has 2 aliphatic rings. The van der Waals surface area contributed by atoms with E-state index in [9.17, 15) is 0 Å². The van der Waals surface area contributed by atoms with Crippen molar-refractivity contribution in [3.05, 3.63) is 0 Å². The van der Waals surface area contributed by atoms with E-state index in [2.05, 4.69) is 24.1 Å². The van der Waals surface area contributed by atoms with Crippen molar-refractivity contribution >= 4 is 0 Å². The van der Waals surface area contributed by atoms with Gasteiger partial charge in [0.1, 0.15) is 0 Å². The third-order valence-electron chi connectivity index (χ3n) is 3.66. The van der Waals surface area contributed by atoms with Crippen LogP contribution in [0, 0.1) is 5.41 Å². The molecule has 0 spiro atoms. The summed E-state index contributed by atoms with van der Waals surface area (Å²) >= 11 is 0. The second kappa shape index (κ2) is 3.58. The van der Waals surface area contributed by atoms with Crippen molar-refractivity contribution in [1.29, 1.82) is 0 Å². The van der Waals surface area contributed by atoms with Crippen LogP contribution in [0.15, 0.2) is 0 Å². The predicted molar refractivity (Wildman–Crippen MR) is 55.9 cm³/mol. The molecule has 2 rings (SSSR count). The standard InChI is InChI=1S/C11H22N2/c1-11(2)9-12-6-5-10(11)13-7-3-4-8-13/h10,12H,3-9H2,1-2H3. The summed E-state index contributed by atoms with van der Waals surface area (Å²) in [6.45, 7) is 9.89. The molecule has 2 heteroatoms. The summed E-state index contributed by atoms with van der Waals surface area (Å²) in [5.41, 5.74) is 0.475. The Labute approximate surface area is 81.7 Å². The molecule has 0 aromatic heterocycles. The minimum absolute atomic E-state index is 0.475. The maximum absolute atomic E-state index is 3.50. The Morgan fingerprint density at radius 1 is 1.23 bits per heavy atom. The van der Waals surface area contributed by atoms with Crippen molar-refractivity contribution in [1.82, 2.24) is 10.2 Å². The Kier molecular flexibility index (Phi) is 2.61. The lowest BCUT2D eigenvalue weighted by atomic mass is 9.79. The molecule has 0 saturated carbocycles. The van der Waals surface area contributed by atoms with Gasteiger partial charge in [-0.15, -0.1) is 0 Å². The molecule has 2 heterocycles. The molecule has 1 unspecified atom stereocenters. The first kappa shape index (κ1) is 9.47. The fourth-order valence-corrected chi connectivity index (χ4v) is 2.89. The number of likely N-dealkylation sites (tertiary alicyclic amines) is 1. The minimum Gasteiger partial charge on any atom is -0.316 e. The fourth-order valence-electron chi connectivity index (χ4n) is 2.89. The van der Waals surface area contributed by atoms with Crippen molar-refractivity contribution < 1.29 is 0 Å². The van der Waals surface area contributed by atoms with E-state index >= 15 is 0 Å². The number of hydrogen-bond donors (Lipinski definition) is 1. The molecule has 76 valence electrons. The maximum Gasteiger partial charge on any atom is 0.0171 e. The highest BCUT2D eigenvalue weighted by Gasteiger charge is 2.36. The quantitative estimate of drug-likeness (QED) is 0.660. The molecule has 2 nitrogen and oxygen atoms in total. The topological polar surface area (TPSA) is 15.3 Å². The lowest BCUT2D eigenvalue weighted by Crippen LogP contribution is -2.53. The summed E-state index contributed by atoms with van der Waals surface area (Å²) in [4.78, 5) is 2.71. The van der Waals surface area contributed by atoms with E-state index in [1.165, 1.54) is 45.4 Å². The number of nitrogens with zero attached hydrogens (tertiary/aromatic N) is 1. The highest BCUT2D eigenvalue weighted by Crippen LogP contribution is 2.31. The first-order valence-electron chi connectivity index (χ1n) is 5.65. The molecule has 1 atom stereocenters. The van der Waals surface area contributed by atoms with Crippen LogP contribution in [0.2, 0.25) is 0 Å². The lowest BCUT2D eigenvalue weighted by molar-refractivity contribution is 0.0784. The lowest BCUT2D eigenvalue weighted by Gasteiger charge is -2.44. The Bertz CT molecular complexity index is 171. The Morgan fingerprint density at radius 2 is 1.92 bits per heavy atom. The predicted octanol–water partition coefficient (Wildman–Crippen LogP) is 1.47. The zero-order valence-corrected chi connectivity index (χ0v) is 8.97. The van der Waals surface area contributed by atoms with Gasteiger partial charge in [-0.05, 0) is 44.3 Å². The molecule has 1 N–H and O–H groups in total. The zero-order valence-electron chi connectivity index (χ0n) is 8.97. The fraction of sp³-hybridized carbons (Fsp3) is 1.00. The molecule has 13 heavy (non-hydrogen) atoms. The number of hydrogen-bond acceptors (Lipinski definition) is 2. The van der Waals surface area contributed by atoms with Crippen LogP contribution in [0.1, 0.15) is 33.1 Å². The van der Waals surface area contributed by atoms with Crippen molar-refractivity contribution in [2.75, 3.05) is 26.2 Å². The van der Waals surface area contributed by atoms with Gasteiger partial charge in [-0.1, -0.05) is 13.8 Å². The van der Waals surface area contributed by atoms with E-state index in [-0.39, 0.29) is 0 Å². The van der Waals surface area contributed by atoms with Gasteiger partial charge in [0.15, 0.2) is 0 Å². The van der Waals surface area contributed by atoms with Crippen LogP contribution in [0.5, 0.6) is 0 Å². The van der Waals surface area contributed by atoms with Crippen LogP contribution in [-0.2, 0) is 0 Å². The van der Waals surface area contributed by atoms with Crippen LogP contribution in [0.25, 0.3) is 0 Å². The van der Waals surface area contributed by atoms with Crippen LogP contribution >= 0.6 is 0 Å². The van der Waals surface area contributed by atoms with Crippen molar-refractivity contribution in [3.63, 3.8) is 0 Å². The van der Waals surface area contributed by atoms with E-state index in [1.807, 2.05) is 0 Å². The van der Waals surface area contributed by atoms with Gasteiger partial charge in [-0.25, -0.2) is 0 Å². The van der Waals surface area contributed by atoms with Crippen LogP contribution in [0.3, 0.4) is 0 Å². The van der Waals surface area contributed by atoms with Crippen molar-refractivity contribution in [3.8, 4) is 0 Å². The van der Waals surface area contributed by atoms with E-state index in [0.717, 1.165) is 6.04 Å². The second-order valence-corrected chi connectivity index (χ2v) is 5.21. The molecule has 0 aromatic rings. The first-order chi connectivity index (χ1) is 6.20. The third-order valence-corrected chi connectivity index (χ3v) is 3.66. The minimum atomic E-state index is 0.475. The summed E-state index contributed by atoms with van der Waals surface area (Å²) in [5, 5.41) is 3.50. The molecule has 2 fully saturated rings. The van der Waals surface area contributed by atoms with E-state index in [1.54, 1.807) is 0 Å². The van der Waals surface area contributed by atoms with Gasteiger partial charge in [-0.2, -0.15) is 0 Å². The Hall–Kier alpha value is -0.0800. The number of rotatable bonds is 1. The maximum atomic E-state index is 3.50. The molecular weight excluding hydrogens is 160 g/mol. The second-order valence-electron chi connectivity index (χ2n) is 5.21. The smallest absolute Gasteiger partial charge is 0.0171 e. The van der Waals surface area contributed by atoms with Crippen molar-refractivity contribution in [2.24, 2.45) is 5.41 Å². The highest BCUT2D eigenvalue weighted by molar-refractivity contribution is 4.93. The molecule has 0 bridgehead atoms. The van der Waals surface area contributed by atoms with Gasteiger partial charge in [0, 0.05) is 12.6 Å². The molecule has 2 saturated heterocycles. The van der Waals surface area contributed by atoms with Crippen LogP contribution in [-0.4, -0.2) is 37.1 Å². The van der Waals surface area contributed by atoms with Gasteiger partial charge in [0.2, 0.25) is 0 Å². The molecule has 0 aliphatic carbocycles. The highest BCUT2D eigenvalue weighted by atomic mass is 15.2. The number of nitrogens with one attached hydrogen (secondary N) is 1. The zero-order chi connectivity index (χ0) is 9.31. The third kappa shape index (κ3) is 1.89. The van der Waals surface area contributed by atoms with Gasteiger partial charge in [0.25, 0.3) is 0 Å². The first-order valence-corrected chi connectivity index (χ1v) is 5.65. The molecule has 0 aromatic carbocycles. The average molecular weight is 182 g/mol. The average Bonchev–Trinajstić information content (AvgIpc) is 2.55. The Balaban J connectivity index is 2.02. The molecular formula is C11H22N2. The van der Waals surface area contributed by atoms with Crippen LogP contribution in [0.4, 0.5) is 0 Å². The largest absolute Gasteiger partial charge is 0.316 e. The van der Waals surface area contributed by atoms with E-state index in [0.29, 0.717) is 5.41 Å². The normalized spacial score (nSPS) is 35.1. The van der Waals surface area contributed by atoms with Gasteiger partial charge < -0.3 is 5.32 Å². The molecule has 0 amide bonds. The van der Waals surface area contributed by atoms with Gasteiger partial charge in [0.05, 0.1) is 0 Å². The monoisotopic (exact) mass is 182 g/mol. The van der Waals surface area contributed by atoms with Crippen molar-refractivity contribution in [2.45, 2.75) is 39.2 Å².